The highest BCUT2D eigenvalue weighted by molar-refractivity contribution is 6.30. The van der Waals surface area contributed by atoms with Crippen LogP contribution in [0.4, 0.5) is 5.69 Å². The molecule has 0 radical (unpaired) electrons. The first-order valence-electron chi connectivity index (χ1n) is 8.28. The van der Waals surface area contributed by atoms with E-state index in [1.54, 1.807) is 49.4 Å². The van der Waals surface area contributed by atoms with Crippen LogP contribution in [0.25, 0.3) is 6.08 Å². The summed E-state index contributed by atoms with van der Waals surface area (Å²) < 4.78 is 4.86. The van der Waals surface area contributed by atoms with Gasteiger partial charge >= 0.3 is 11.9 Å². The highest BCUT2D eigenvalue weighted by Gasteiger charge is 2.37. The monoisotopic (exact) mass is 397 g/mol. The molecule has 1 aliphatic rings. The Labute approximate surface area is 166 Å². The van der Waals surface area contributed by atoms with Crippen molar-refractivity contribution in [3.8, 4) is 0 Å². The minimum absolute atomic E-state index is 0.127. The van der Waals surface area contributed by atoms with E-state index in [-0.39, 0.29) is 22.6 Å². The second-order valence-corrected chi connectivity index (χ2v) is 6.49. The fraction of sp³-hybridized carbons (Fsp3) is 0.0952. The molecular formula is C21H16ClNO5. The second-order valence-electron chi connectivity index (χ2n) is 6.05. The number of benzene rings is 2. The van der Waals surface area contributed by atoms with Gasteiger partial charge in [-0.1, -0.05) is 23.7 Å². The highest BCUT2D eigenvalue weighted by atomic mass is 35.5. The van der Waals surface area contributed by atoms with Gasteiger partial charge in [-0.3, -0.25) is 9.69 Å². The molecular weight excluding hydrogens is 382 g/mol. The fourth-order valence-corrected chi connectivity index (χ4v) is 3.10. The van der Waals surface area contributed by atoms with E-state index < -0.39 is 11.9 Å². The molecule has 6 nitrogen and oxygen atoms in total. The number of amides is 1. The number of carboxylic acid groups (broad SMARTS) is 1. The van der Waals surface area contributed by atoms with E-state index in [0.29, 0.717) is 22.0 Å². The van der Waals surface area contributed by atoms with Crippen LogP contribution < -0.4 is 4.90 Å². The zero-order chi connectivity index (χ0) is 20.4. The maximum absolute atomic E-state index is 13.1. The average Bonchev–Trinajstić information content (AvgIpc) is 2.92. The van der Waals surface area contributed by atoms with Gasteiger partial charge < -0.3 is 9.84 Å². The van der Waals surface area contributed by atoms with Gasteiger partial charge in [-0.25, -0.2) is 9.59 Å². The van der Waals surface area contributed by atoms with Gasteiger partial charge in [-0.2, -0.15) is 0 Å². The lowest BCUT2D eigenvalue weighted by molar-refractivity contribution is -0.136. The average molecular weight is 398 g/mol. The number of esters is 1. The predicted octanol–water partition coefficient (Wildman–Crippen LogP) is 3.92. The van der Waals surface area contributed by atoms with Gasteiger partial charge in [0.05, 0.1) is 23.8 Å². The van der Waals surface area contributed by atoms with Gasteiger partial charge in [-0.15, -0.1) is 0 Å². The second kappa shape index (κ2) is 7.70. The molecule has 0 fully saturated rings. The molecule has 1 amide bonds. The number of hydrogen-bond acceptors (Lipinski definition) is 4. The van der Waals surface area contributed by atoms with Crippen molar-refractivity contribution in [2.75, 3.05) is 12.0 Å². The predicted molar refractivity (Wildman–Crippen MR) is 105 cm³/mol. The van der Waals surface area contributed by atoms with Crippen molar-refractivity contribution in [2.45, 2.75) is 6.92 Å². The summed E-state index contributed by atoms with van der Waals surface area (Å²) in [7, 11) is 1.25. The summed E-state index contributed by atoms with van der Waals surface area (Å²) in [5, 5.41) is 9.54. The molecule has 0 atom stereocenters. The highest BCUT2D eigenvalue weighted by Crippen LogP contribution is 2.35. The molecule has 0 aromatic heterocycles. The Morgan fingerprint density at radius 3 is 2.21 bits per heavy atom. The van der Waals surface area contributed by atoms with E-state index in [1.807, 2.05) is 0 Å². The van der Waals surface area contributed by atoms with Crippen LogP contribution in [0.1, 0.15) is 22.8 Å². The minimum atomic E-state index is -1.05. The van der Waals surface area contributed by atoms with Crippen LogP contribution >= 0.6 is 11.6 Å². The minimum Gasteiger partial charge on any atom is -0.478 e. The van der Waals surface area contributed by atoms with E-state index in [0.717, 1.165) is 0 Å². The number of carboxylic acids is 1. The smallest absolute Gasteiger partial charge is 0.340 e. The lowest BCUT2D eigenvalue weighted by atomic mass is 10.0. The van der Waals surface area contributed by atoms with Crippen molar-refractivity contribution >= 4 is 41.2 Å². The SMILES string of the molecule is COC(=O)C1=C(C)N(c2ccc(Cl)cc2)C(=O)/C1=C/c1ccc(C(=O)O)cc1. The molecule has 1 N–H and O–H groups in total. The first kappa shape index (κ1) is 19.4. The Hall–Kier alpha value is -3.38. The molecule has 0 spiro atoms. The molecule has 2 aromatic carbocycles. The topological polar surface area (TPSA) is 83.9 Å². The van der Waals surface area contributed by atoms with Crippen molar-refractivity contribution in [3.05, 3.63) is 81.5 Å². The maximum atomic E-state index is 13.1. The number of halogens is 1. The van der Waals surface area contributed by atoms with Gasteiger partial charge in [0.25, 0.3) is 5.91 Å². The molecule has 0 unspecified atom stereocenters. The van der Waals surface area contributed by atoms with Gasteiger partial charge in [-0.05, 0) is 55.0 Å². The Balaban J connectivity index is 2.08. The summed E-state index contributed by atoms with van der Waals surface area (Å²) in [5.41, 5.74) is 2.04. The summed E-state index contributed by atoms with van der Waals surface area (Å²) in [6.07, 6.45) is 1.54. The Morgan fingerprint density at radius 1 is 1.07 bits per heavy atom. The van der Waals surface area contributed by atoms with Gasteiger partial charge in [0, 0.05) is 16.4 Å². The molecule has 3 rings (SSSR count). The van der Waals surface area contributed by atoms with Crippen LogP contribution in [0.5, 0.6) is 0 Å². The summed E-state index contributed by atoms with van der Waals surface area (Å²) >= 11 is 5.92. The van der Waals surface area contributed by atoms with Crippen LogP contribution in [0.2, 0.25) is 5.02 Å². The molecule has 142 valence electrons. The third-order valence-corrected chi connectivity index (χ3v) is 4.60. The molecule has 28 heavy (non-hydrogen) atoms. The standard InChI is InChI=1S/C21H16ClNO5/c1-12-18(21(27)28-2)17(11-13-3-5-14(6-4-13)20(25)26)19(24)23(12)16-9-7-15(22)8-10-16/h3-11H,1-2H3,(H,25,26)/b17-11+. The summed E-state index contributed by atoms with van der Waals surface area (Å²) in [4.78, 5) is 37.9. The van der Waals surface area contributed by atoms with Crippen LogP contribution in [0, 0.1) is 0 Å². The fourth-order valence-electron chi connectivity index (χ4n) is 2.97. The van der Waals surface area contributed by atoms with Crippen molar-refractivity contribution in [1.29, 1.82) is 0 Å². The third-order valence-electron chi connectivity index (χ3n) is 4.34. The maximum Gasteiger partial charge on any atom is 0.340 e. The summed E-state index contributed by atoms with van der Waals surface area (Å²) in [6, 6.07) is 12.7. The Kier molecular flexibility index (Phi) is 5.33. The molecule has 2 aromatic rings. The molecule has 1 heterocycles. The number of methoxy groups -OCH3 is 1. The van der Waals surface area contributed by atoms with Crippen molar-refractivity contribution < 1.29 is 24.2 Å². The number of ether oxygens (including phenoxy) is 1. The van der Waals surface area contributed by atoms with Crippen molar-refractivity contribution in [3.63, 3.8) is 0 Å². The largest absolute Gasteiger partial charge is 0.478 e. The molecule has 1 aliphatic heterocycles. The lowest BCUT2D eigenvalue weighted by Gasteiger charge is -2.17. The number of carbonyl (C=O) groups excluding carboxylic acids is 2. The molecule has 0 saturated heterocycles. The van der Waals surface area contributed by atoms with E-state index in [9.17, 15) is 14.4 Å². The number of hydrogen-bond donors (Lipinski definition) is 1. The Bertz CT molecular complexity index is 1020. The number of rotatable bonds is 4. The lowest BCUT2D eigenvalue weighted by Crippen LogP contribution is -2.24. The molecule has 0 aliphatic carbocycles. The van der Waals surface area contributed by atoms with Gasteiger partial charge in [0.15, 0.2) is 0 Å². The van der Waals surface area contributed by atoms with Crippen molar-refractivity contribution in [2.24, 2.45) is 0 Å². The first-order valence-corrected chi connectivity index (χ1v) is 8.66. The van der Waals surface area contributed by atoms with Crippen molar-refractivity contribution in [1.82, 2.24) is 0 Å². The molecule has 0 saturated carbocycles. The van der Waals surface area contributed by atoms with Gasteiger partial charge in [0.2, 0.25) is 0 Å². The van der Waals surface area contributed by atoms with Crippen LogP contribution in [-0.2, 0) is 14.3 Å². The first-order chi connectivity index (χ1) is 13.3. The summed E-state index contributed by atoms with van der Waals surface area (Å²) in [6.45, 7) is 1.66. The third kappa shape index (κ3) is 3.54. The number of nitrogens with zero attached hydrogens (tertiary/aromatic N) is 1. The van der Waals surface area contributed by atoms with Crippen LogP contribution in [0.15, 0.2) is 65.4 Å². The summed E-state index contributed by atoms with van der Waals surface area (Å²) in [5.74, 6) is -2.06. The zero-order valence-electron chi connectivity index (χ0n) is 15.1. The quantitative estimate of drug-likeness (QED) is 0.624. The van der Waals surface area contributed by atoms with Gasteiger partial charge in [0.1, 0.15) is 0 Å². The van der Waals surface area contributed by atoms with E-state index >= 15 is 0 Å². The van der Waals surface area contributed by atoms with E-state index in [4.69, 9.17) is 21.4 Å². The zero-order valence-corrected chi connectivity index (χ0v) is 15.9. The number of carbonyl (C=O) groups is 3. The van der Waals surface area contributed by atoms with E-state index in [2.05, 4.69) is 0 Å². The van der Waals surface area contributed by atoms with Crippen LogP contribution in [0.3, 0.4) is 0 Å². The Morgan fingerprint density at radius 2 is 1.68 bits per heavy atom. The number of allylic oxidation sites excluding steroid dienone is 1. The van der Waals surface area contributed by atoms with Crippen LogP contribution in [-0.4, -0.2) is 30.1 Å². The van der Waals surface area contributed by atoms with E-state index in [1.165, 1.54) is 24.1 Å². The number of aromatic carboxylic acids is 1. The molecule has 0 bridgehead atoms. The number of anilines is 1. The normalized spacial score (nSPS) is 15.3. The molecule has 7 heteroatoms.